The molecule has 0 saturated carbocycles. The number of hydrogen-bond donors (Lipinski definition) is 0. The number of hydrogen-bond acceptors (Lipinski definition) is 3. The smallest absolute Gasteiger partial charge is 0.212 e. The molecule has 5 heteroatoms. The van der Waals surface area contributed by atoms with Crippen LogP contribution in [0.5, 0.6) is 0 Å². The zero-order valence-electron chi connectivity index (χ0n) is 10.8. The van der Waals surface area contributed by atoms with Crippen molar-refractivity contribution in [2.24, 2.45) is 0 Å². The average Bonchev–Trinajstić information content (AvgIpc) is 2.77. The van der Waals surface area contributed by atoms with E-state index in [1.807, 2.05) is 37.4 Å². The molecule has 100 valence electrons. The van der Waals surface area contributed by atoms with Gasteiger partial charge in [0.1, 0.15) is 0 Å². The minimum absolute atomic E-state index is 0.121. The van der Waals surface area contributed by atoms with Crippen LogP contribution in [0.2, 0.25) is 0 Å². The molecular formula is C13H19NO2S2. The maximum absolute atomic E-state index is 12.3. The van der Waals surface area contributed by atoms with Crippen molar-refractivity contribution >= 4 is 21.8 Å². The van der Waals surface area contributed by atoms with Gasteiger partial charge in [0.2, 0.25) is 10.0 Å². The Morgan fingerprint density at radius 1 is 1.44 bits per heavy atom. The summed E-state index contributed by atoms with van der Waals surface area (Å²) in [4.78, 5) is 0. The highest BCUT2D eigenvalue weighted by Crippen LogP contribution is 2.24. The fraction of sp³-hybridized carbons (Fsp3) is 0.538. The largest absolute Gasteiger partial charge is 0.218 e. The van der Waals surface area contributed by atoms with Gasteiger partial charge in [-0.1, -0.05) is 29.8 Å². The molecule has 0 bridgehead atoms. The number of sulfonamides is 1. The molecule has 2 rings (SSSR count). The summed E-state index contributed by atoms with van der Waals surface area (Å²) in [5.74, 6) is 0.121. The monoisotopic (exact) mass is 285 g/mol. The van der Waals surface area contributed by atoms with Crippen LogP contribution in [0.15, 0.2) is 24.3 Å². The van der Waals surface area contributed by atoms with Crippen molar-refractivity contribution in [2.45, 2.75) is 24.3 Å². The van der Waals surface area contributed by atoms with E-state index >= 15 is 0 Å². The molecule has 0 spiro atoms. The Morgan fingerprint density at radius 3 is 2.83 bits per heavy atom. The standard InChI is InChI=1S/C13H19NO2S2/c1-11-4-3-5-12(8-11)10-18(15,16)14-7-6-13(9-14)17-2/h3-5,8,13H,6-7,9-10H2,1-2H3/t13-/m0/s1. The normalized spacial score (nSPS) is 21.3. The van der Waals surface area contributed by atoms with Crippen molar-refractivity contribution in [1.82, 2.24) is 4.31 Å². The lowest BCUT2D eigenvalue weighted by Crippen LogP contribution is -2.30. The molecule has 1 aromatic carbocycles. The number of rotatable bonds is 4. The summed E-state index contributed by atoms with van der Waals surface area (Å²) in [5.41, 5.74) is 1.98. The predicted octanol–water partition coefficient (Wildman–Crippen LogP) is 2.26. The van der Waals surface area contributed by atoms with E-state index in [0.29, 0.717) is 18.3 Å². The first-order chi connectivity index (χ1) is 8.51. The van der Waals surface area contributed by atoms with E-state index in [1.165, 1.54) is 0 Å². The average molecular weight is 285 g/mol. The minimum atomic E-state index is -3.15. The molecule has 0 radical (unpaired) electrons. The van der Waals surface area contributed by atoms with Crippen molar-refractivity contribution in [3.05, 3.63) is 35.4 Å². The van der Waals surface area contributed by atoms with Gasteiger partial charge in [-0.25, -0.2) is 12.7 Å². The quantitative estimate of drug-likeness (QED) is 0.851. The van der Waals surface area contributed by atoms with Gasteiger partial charge in [0.15, 0.2) is 0 Å². The number of nitrogens with zero attached hydrogens (tertiary/aromatic N) is 1. The SMILES string of the molecule is CS[C@H]1CCN(S(=O)(=O)Cc2cccc(C)c2)C1. The second-order valence-corrected chi connectivity index (χ2v) is 7.86. The minimum Gasteiger partial charge on any atom is -0.212 e. The summed E-state index contributed by atoms with van der Waals surface area (Å²) in [6.45, 7) is 3.31. The van der Waals surface area contributed by atoms with E-state index in [0.717, 1.165) is 17.5 Å². The van der Waals surface area contributed by atoms with Crippen molar-refractivity contribution < 1.29 is 8.42 Å². The van der Waals surface area contributed by atoms with Crippen LogP contribution in [0.25, 0.3) is 0 Å². The van der Waals surface area contributed by atoms with Crippen LogP contribution in [0, 0.1) is 6.92 Å². The fourth-order valence-electron chi connectivity index (χ4n) is 2.25. The van der Waals surface area contributed by atoms with Crippen molar-refractivity contribution in [3.8, 4) is 0 Å². The lowest BCUT2D eigenvalue weighted by Gasteiger charge is -2.16. The Kier molecular flexibility index (Phi) is 4.35. The molecule has 1 heterocycles. The zero-order valence-corrected chi connectivity index (χ0v) is 12.4. The summed E-state index contributed by atoms with van der Waals surface area (Å²) in [6, 6.07) is 7.72. The Morgan fingerprint density at radius 2 is 2.22 bits per heavy atom. The lowest BCUT2D eigenvalue weighted by molar-refractivity contribution is 0.477. The molecule has 3 nitrogen and oxygen atoms in total. The zero-order chi connectivity index (χ0) is 13.2. The van der Waals surface area contributed by atoms with Crippen LogP contribution in [-0.4, -0.2) is 37.3 Å². The maximum atomic E-state index is 12.3. The number of thioether (sulfide) groups is 1. The van der Waals surface area contributed by atoms with Gasteiger partial charge in [-0.3, -0.25) is 0 Å². The van der Waals surface area contributed by atoms with Gasteiger partial charge < -0.3 is 0 Å². The summed E-state index contributed by atoms with van der Waals surface area (Å²) >= 11 is 1.75. The molecule has 1 atom stereocenters. The van der Waals surface area contributed by atoms with Crippen LogP contribution >= 0.6 is 11.8 Å². The molecule has 0 aromatic heterocycles. The molecule has 1 aliphatic heterocycles. The molecule has 0 unspecified atom stereocenters. The number of aryl methyl sites for hydroxylation is 1. The lowest BCUT2D eigenvalue weighted by atomic mass is 10.2. The highest BCUT2D eigenvalue weighted by molar-refractivity contribution is 7.99. The molecule has 1 aromatic rings. The van der Waals surface area contributed by atoms with Crippen molar-refractivity contribution in [1.29, 1.82) is 0 Å². The number of benzene rings is 1. The van der Waals surface area contributed by atoms with Crippen LogP contribution in [0.3, 0.4) is 0 Å². The first kappa shape index (κ1) is 13.9. The third-order valence-electron chi connectivity index (χ3n) is 3.27. The Bertz CT molecular complexity index is 513. The van der Waals surface area contributed by atoms with E-state index in [4.69, 9.17) is 0 Å². The third-order valence-corrected chi connectivity index (χ3v) is 6.13. The topological polar surface area (TPSA) is 37.4 Å². The van der Waals surface area contributed by atoms with E-state index in [9.17, 15) is 8.42 Å². The van der Waals surface area contributed by atoms with Crippen LogP contribution in [0.4, 0.5) is 0 Å². The Labute approximate surface area is 114 Å². The molecule has 18 heavy (non-hydrogen) atoms. The van der Waals surface area contributed by atoms with Crippen molar-refractivity contribution in [2.75, 3.05) is 19.3 Å². The van der Waals surface area contributed by atoms with Gasteiger partial charge in [-0.2, -0.15) is 11.8 Å². The van der Waals surface area contributed by atoms with Crippen LogP contribution < -0.4 is 0 Å². The Balaban J connectivity index is 2.08. The van der Waals surface area contributed by atoms with E-state index in [2.05, 4.69) is 0 Å². The predicted molar refractivity (Wildman–Crippen MR) is 77.3 cm³/mol. The summed E-state index contributed by atoms with van der Waals surface area (Å²) in [6.07, 6.45) is 3.01. The highest BCUT2D eigenvalue weighted by Gasteiger charge is 2.30. The third kappa shape index (κ3) is 3.28. The van der Waals surface area contributed by atoms with Crippen LogP contribution in [0.1, 0.15) is 17.5 Å². The van der Waals surface area contributed by atoms with Gasteiger partial charge in [-0.15, -0.1) is 0 Å². The first-order valence-corrected chi connectivity index (χ1v) is 8.97. The second-order valence-electron chi connectivity index (χ2n) is 4.75. The molecule has 1 aliphatic rings. The Hall–Kier alpha value is -0.520. The van der Waals surface area contributed by atoms with Crippen LogP contribution in [-0.2, 0) is 15.8 Å². The summed E-state index contributed by atoms with van der Waals surface area (Å²) in [7, 11) is -3.15. The second kappa shape index (κ2) is 5.63. The van der Waals surface area contributed by atoms with Gasteiger partial charge in [0.25, 0.3) is 0 Å². The molecule has 0 aliphatic carbocycles. The van der Waals surface area contributed by atoms with E-state index in [1.54, 1.807) is 16.1 Å². The van der Waals surface area contributed by atoms with Crippen molar-refractivity contribution in [3.63, 3.8) is 0 Å². The highest BCUT2D eigenvalue weighted by atomic mass is 32.2. The molecular weight excluding hydrogens is 266 g/mol. The summed E-state index contributed by atoms with van der Waals surface area (Å²) < 4.78 is 26.2. The first-order valence-electron chi connectivity index (χ1n) is 6.07. The molecule has 1 saturated heterocycles. The van der Waals surface area contributed by atoms with E-state index in [-0.39, 0.29) is 5.75 Å². The molecule has 1 fully saturated rings. The molecule has 0 amide bonds. The van der Waals surface area contributed by atoms with Gasteiger partial charge in [-0.05, 0) is 25.2 Å². The van der Waals surface area contributed by atoms with E-state index < -0.39 is 10.0 Å². The summed E-state index contributed by atoms with van der Waals surface area (Å²) in [5, 5.41) is 0.456. The van der Waals surface area contributed by atoms with Gasteiger partial charge >= 0.3 is 0 Å². The molecule has 0 N–H and O–H groups in total. The maximum Gasteiger partial charge on any atom is 0.218 e. The van der Waals surface area contributed by atoms with Gasteiger partial charge in [0, 0.05) is 18.3 Å². The fourth-order valence-corrected chi connectivity index (χ4v) is 4.59. The van der Waals surface area contributed by atoms with Gasteiger partial charge in [0.05, 0.1) is 5.75 Å².